The van der Waals surface area contributed by atoms with E-state index in [2.05, 4.69) is 0 Å². The van der Waals surface area contributed by atoms with Crippen LogP contribution in [-0.2, 0) is 14.8 Å². The van der Waals surface area contributed by atoms with E-state index >= 15 is 0 Å². The van der Waals surface area contributed by atoms with Crippen molar-refractivity contribution < 1.29 is 13.2 Å². The van der Waals surface area contributed by atoms with Crippen LogP contribution in [0.1, 0.15) is 38.5 Å². The monoisotopic (exact) mass is 231 g/mol. The average Bonchev–Trinajstić information content (AvgIpc) is 2.71. The Kier molecular flexibility index (Phi) is 3.11. The molecular weight excluding hydrogens is 214 g/mol. The minimum Gasteiger partial charge on any atom is -0.298 e. The van der Waals surface area contributed by atoms with E-state index in [1.807, 2.05) is 0 Å². The zero-order chi connectivity index (χ0) is 10.9. The molecular formula is C10H17NO3S. The first-order valence-electron chi connectivity index (χ1n) is 5.61. The number of piperidine rings is 1. The topological polar surface area (TPSA) is 54.5 Å². The Morgan fingerprint density at radius 2 is 1.80 bits per heavy atom. The van der Waals surface area contributed by atoms with Gasteiger partial charge in [-0.05, 0) is 19.3 Å². The van der Waals surface area contributed by atoms with E-state index in [0.29, 0.717) is 19.4 Å². The molecule has 0 radical (unpaired) electrons. The van der Waals surface area contributed by atoms with Gasteiger partial charge < -0.3 is 0 Å². The third-order valence-corrected chi connectivity index (χ3v) is 5.64. The number of carbonyl (C=O) groups is 1. The van der Waals surface area contributed by atoms with E-state index in [1.54, 1.807) is 0 Å². The second-order valence-corrected chi connectivity index (χ2v) is 6.64. The summed E-state index contributed by atoms with van der Waals surface area (Å²) in [6, 6.07) is 0. The molecule has 2 rings (SSSR count). The maximum absolute atomic E-state index is 12.1. The van der Waals surface area contributed by atoms with Crippen LogP contribution in [0.3, 0.4) is 0 Å². The van der Waals surface area contributed by atoms with Crippen LogP contribution in [0.15, 0.2) is 0 Å². The molecule has 0 spiro atoms. The van der Waals surface area contributed by atoms with E-state index in [-0.39, 0.29) is 17.6 Å². The molecule has 0 aromatic heterocycles. The lowest BCUT2D eigenvalue weighted by atomic mass is 10.1. The van der Waals surface area contributed by atoms with Gasteiger partial charge in [-0.3, -0.25) is 4.79 Å². The third-order valence-electron chi connectivity index (χ3n) is 3.30. The molecule has 1 heterocycles. The van der Waals surface area contributed by atoms with Crippen molar-refractivity contribution in [2.75, 3.05) is 13.1 Å². The maximum atomic E-state index is 12.1. The molecule has 0 amide bonds. The molecule has 1 aliphatic heterocycles. The quantitative estimate of drug-likeness (QED) is 0.710. The molecule has 1 aliphatic carbocycles. The molecule has 4 nitrogen and oxygen atoms in total. The zero-order valence-corrected chi connectivity index (χ0v) is 9.63. The first-order chi connectivity index (χ1) is 7.10. The highest BCUT2D eigenvalue weighted by Crippen LogP contribution is 2.28. The van der Waals surface area contributed by atoms with Crippen molar-refractivity contribution in [2.24, 2.45) is 0 Å². The Balaban J connectivity index is 2.10. The van der Waals surface area contributed by atoms with Crippen molar-refractivity contribution in [3.05, 3.63) is 0 Å². The Labute approximate surface area is 90.7 Å². The summed E-state index contributed by atoms with van der Waals surface area (Å²) in [4.78, 5) is 11.2. The molecule has 0 N–H and O–H groups in total. The van der Waals surface area contributed by atoms with Gasteiger partial charge in [0.05, 0.1) is 11.8 Å². The van der Waals surface area contributed by atoms with Crippen molar-refractivity contribution in [3.8, 4) is 0 Å². The van der Waals surface area contributed by atoms with Gasteiger partial charge in [-0.25, -0.2) is 8.42 Å². The molecule has 5 heteroatoms. The zero-order valence-electron chi connectivity index (χ0n) is 8.81. The fourth-order valence-corrected chi connectivity index (χ4v) is 4.48. The molecule has 0 aromatic carbocycles. The van der Waals surface area contributed by atoms with Crippen LogP contribution >= 0.6 is 0 Å². The second kappa shape index (κ2) is 4.22. The summed E-state index contributed by atoms with van der Waals surface area (Å²) in [6.45, 7) is 0.642. The van der Waals surface area contributed by atoms with Gasteiger partial charge in [0.15, 0.2) is 0 Å². The predicted molar refractivity (Wildman–Crippen MR) is 57.0 cm³/mol. The highest BCUT2D eigenvalue weighted by Gasteiger charge is 2.36. The lowest BCUT2D eigenvalue weighted by molar-refractivity contribution is -0.120. The van der Waals surface area contributed by atoms with Crippen LogP contribution in [0.2, 0.25) is 0 Å². The predicted octanol–water partition coefficient (Wildman–Crippen LogP) is 0.924. The van der Waals surface area contributed by atoms with Crippen LogP contribution < -0.4 is 0 Å². The largest absolute Gasteiger partial charge is 0.298 e. The number of nitrogens with zero attached hydrogens (tertiary/aromatic N) is 1. The molecule has 0 atom stereocenters. The Morgan fingerprint density at radius 1 is 1.13 bits per heavy atom. The van der Waals surface area contributed by atoms with Gasteiger partial charge >= 0.3 is 0 Å². The van der Waals surface area contributed by atoms with E-state index in [9.17, 15) is 13.2 Å². The highest BCUT2D eigenvalue weighted by molar-refractivity contribution is 7.89. The minimum absolute atomic E-state index is 0.0582. The van der Waals surface area contributed by atoms with Gasteiger partial charge in [0.25, 0.3) is 0 Å². The summed E-state index contributed by atoms with van der Waals surface area (Å²) < 4.78 is 25.6. The second-order valence-electron chi connectivity index (χ2n) is 4.43. The maximum Gasteiger partial charge on any atom is 0.217 e. The van der Waals surface area contributed by atoms with Crippen molar-refractivity contribution >= 4 is 15.8 Å². The lowest BCUT2D eigenvalue weighted by Gasteiger charge is -2.27. The van der Waals surface area contributed by atoms with E-state index in [1.165, 1.54) is 4.31 Å². The fraction of sp³-hybridized carbons (Fsp3) is 0.900. The van der Waals surface area contributed by atoms with E-state index < -0.39 is 10.0 Å². The molecule has 1 saturated heterocycles. The molecule has 1 saturated carbocycles. The smallest absolute Gasteiger partial charge is 0.217 e. The Morgan fingerprint density at radius 3 is 2.40 bits per heavy atom. The van der Waals surface area contributed by atoms with Crippen LogP contribution in [0.25, 0.3) is 0 Å². The van der Waals surface area contributed by atoms with Crippen molar-refractivity contribution in [1.82, 2.24) is 4.31 Å². The molecule has 0 bridgehead atoms. The number of Topliss-reactive ketones (excluding diaryl/α,β-unsaturated/α-hetero) is 1. The Hall–Kier alpha value is -0.420. The summed E-state index contributed by atoms with van der Waals surface area (Å²) in [6.07, 6.45) is 4.78. The normalized spacial score (nSPS) is 26.0. The number of rotatable bonds is 2. The standard InChI is InChI=1S/C10H17NO3S/c12-9-4-3-7-11(8-9)15(13,14)10-5-1-2-6-10/h10H,1-8H2. The molecule has 15 heavy (non-hydrogen) atoms. The number of carbonyl (C=O) groups excluding carboxylic acids is 1. The summed E-state index contributed by atoms with van der Waals surface area (Å²) in [5.74, 6) is 0.0582. The number of hydrogen-bond donors (Lipinski definition) is 0. The molecule has 2 aliphatic rings. The lowest BCUT2D eigenvalue weighted by Crippen LogP contribution is -2.44. The van der Waals surface area contributed by atoms with Gasteiger partial charge in [0.2, 0.25) is 10.0 Å². The van der Waals surface area contributed by atoms with Crippen LogP contribution in [0.4, 0.5) is 0 Å². The first kappa shape index (κ1) is 11.1. The third kappa shape index (κ3) is 2.23. The Bertz CT molecular complexity index is 344. The average molecular weight is 231 g/mol. The first-order valence-corrected chi connectivity index (χ1v) is 7.12. The summed E-state index contributed by atoms with van der Waals surface area (Å²) in [5, 5.41) is -0.219. The molecule has 0 unspecified atom stereocenters. The number of ketones is 1. The van der Waals surface area contributed by atoms with Gasteiger partial charge in [0, 0.05) is 13.0 Å². The molecule has 0 aromatic rings. The highest BCUT2D eigenvalue weighted by atomic mass is 32.2. The van der Waals surface area contributed by atoms with Gasteiger partial charge in [-0.15, -0.1) is 0 Å². The van der Waals surface area contributed by atoms with Crippen molar-refractivity contribution in [3.63, 3.8) is 0 Å². The number of sulfonamides is 1. The SMILES string of the molecule is O=C1CCCN(S(=O)(=O)C2CCCC2)C1. The number of hydrogen-bond acceptors (Lipinski definition) is 3. The van der Waals surface area contributed by atoms with Gasteiger partial charge in [-0.2, -0.15) is 4.31 Å². The minimum atomic E-state index is -3.18. The summed E-state index contributed by atoms with van der Waals surface area (Å²) in [7, 11) is -3.18. The molecule has 2 fully saturated rings. The van der Waals surface area contributed by atoms with E-state index in [4.69, 9.17) is 0 Å². The van der Waals surface area contributed by atoms with Crippen molar-refractivity contribution in [1.29, 1.82) is 0 Å². The fourth-order valence-electron chi connectivity index (χ4n) is 2.42. The summed E-state index contributed by atoms with van der Waals surface area (Å²) >= 11 is 0. The van der Waals surface area contributed by atoms with Gasteiger partial charge in [-0.1, -0.05) is 12.8 Å². The van der Waals surface area contributed by atoms with Crippen LogP contribution in [0.5, 0.6) is 0 Å². The van der Waals surface area contributed by atoms with Crippen molar-refractivity contribution in [2.45, 2.75) is 43.8 Å². The van der Waals surface area contributed by atoms with E-state index in [0.717, 1.165) is 25.7 Å². The van der Waals surface area contributed by atoms with Gasteiger partial charge in [0.1, 0.15) is 5.78 Å². The van der Waals surface area contributed by atoms with Crippen LogP contribution in [-0.4, -0.2) is 36.8 Å². The molecule has 86 valence electrons. The summed E-state index contributed by atoms with van der Waals surface area (Å²) in [5.41, 5.74) is 0. The van der Waals surface area contributed by atoms with Crippen LogP contribution in [0, 0.1) is 0 Å².